The van der Waals surface area contributed by atoms with E-state index in [0.29, 0.717) is 30.3 Å². The molecule has 0 radical (unpaired) electrons. The minimum atomic E-state index is -0.0745. The maximum atomic E-state index is 12.2. The summed E-state index contributed by atoms with van der Waals surface area (Å²) in [6, 6.07) is 11.5. The quantitative estimate of drug-likeness (QED) is 0.657. The lowest BCUT2D eigenvalue weighted by Crippen LogP contribution is -2.29. The number of anilines is 1. The summed E-state index contributed by atoms with van der Waals surface area (Å²) in [4.78, 5) is 12.2. The third kappa shape index (κ3) is 4.69. The summed E-state index contributed by atoms with van der Waals surface area (Å²) in [5.41, 5.74) is 4.79. The smallest absolute Gasteiger partial charge is 0.251 e. The van der Waals surface area contributed by atoms with Crippen LogP contribution in [0.15, 0.2) is 36.4 Å². The van der Waals surface area contributed by atoms with Crippen LogP contribution in [0.25, 0.3) is 5.82 Å². The molecule has 0 aliphatic heterocycles. The molecule has 0 aliphatic rings. The van der Waals surface area contributed by atoms with Crippen molar-refractivity contribution in [1.29, 1.82) is 0 Å². The first-order chi connectivity index (χ1) is 12.9. The van der Waals surface area contributed by atoms with Crippen molar-refractivity contribution >= 4 is 11.7 Å². The van der Waals surface area contributed by atoms with Crippen molar-refractivity contribution in [2.45, 2.75) is 27.7 Å². The van der Waals surface area contributed by atoms with Crippen molar-refractivity contribution in [3.05, 3.63) is 64.5 Å². The van der Waals surface area contributed by atoms with Crippen LogP contribution in [0.2, 0.25) is 0 Å². The number of aromatic nitrogens is 4. The number of hydrogen-bond donors (Lipinski definition) is 2. The van der Waals surface area contributed by atoms with Crippen molar-refractivity contribution in [3.8, 4) is 5.82 Å². The summed E-state index contributed by atoms with van der Waals surface area (Å²) < 4.78 is 1.76. The number of aryl methyl sites for hydroxylation is 4. The van der Waals surface area contributed by atoms with Gasteiger partial charge in [-0.25, -0.2) is 4.68 Å². The predicted molar refractivity (Wildman–Crippen MR) is 105 cm³/mol. The van der Waals surface area contributed by atoms with Gasteiger partial charge in [0.25, 0.3) is 5.91 Å². The van der Waals surface area contributed by atoms with E-state index in [1.54, 1.807) is 4.68 Å². The second kappa shape index (κ2) is 7.99. The minimum absolute atomic E-state index is 0.0745. The van der Waals surface area contributed by atoms with Gasteiger partial charge in [0.05, 0.1) is 5.69 Å². The van der Waals surface area contributed by atoms with E-state index < -0.39 is 0 Å². The fourth-order valence-corrected chi connectivity index (χ4v) is 2.97. The molecule has 0 fully saturated rings. The monoisotopic (exact) mass is 364 g/mol. The van der Waals surface area contributed by atoms with Gasteiger partial charge >= 0.3 is 0 Å². The van der Waals surface area contributed by atoms with Crippen molar-refractivity contribution < 1.29 is 4.79 Å². The van der Waals surface area contributed by atoms with Gasteiger partial charge in [-0.1, -0.05) is 17.2 Å². The van der Waals surface area contributed by atoms with E-state index in [1.807, 2.05) is 64.1 Å². The molecule has 1 aromatic carbocycles. The second-order valence-corrected chi connectivity index (χ2v) is 6.67. The number of rotatable bonds is 6. The Morgan fingerprint density at radius 3 is 2.30 bits per heavy atom. The molecule has 0 aliphatic carbocycles. The van der Waals surface area contributed by atoms with Gasteiger partial charge in [0.2, 0.25) is 0 Å². The molecule has 0 atom stereocenters. The highest BCUT2D eigenvalue weighted by Crippen LogP contribution is 2.11. The van der Waals surface area contributed by atoms with Gasteiger partial charge in [0, 0.05) is 24.3 Å². The van der Waals surface area contributed by atoms with Crippen LogP contribution in [0.5, 0.6) is 0 Å². The zero-order valence-electron chi connectivity index (χ0n) is 16.1. The number of carbonyl (C=O) groups is 1. The summed E-state index contributed by atoms with van der Waals surface area (Å²) >= 11 is 0. The third-order valence-corrected chi connectivity index (χ3v) is 4.08. The first kappa shape index (κ1) is 18.6. The molecule has 0 unspecified atom stereocenters. The first-order valence-corrected chi connectivity index (χ1v) is 8.90. The standard InChI is InChI=1S/C20H24N6O/c1-13-9-14(2)11-17(10-13)20(27)22-8-7-21-18-5-6-19(24-23-18)26-16(4)12-15(3)25-26/h5-6,9-12H,7-8H2,1-4H3,(H,21,23)(H,22,27). The van der Waals surface area contributed by atoms with Crippen LogP contribution in [0.4, 0.5) is 5.82 Å². The molecule has 0 saturated heterocycles. The molecule has 7 nitrogen and oxygen atoms in total. The lowest BCUT2D eigenvalue weighted by atomic mass is 10.1. The maximum Gasteiger partial charge on any atom is 0.251 e. The van der Waals surface area contributed by atoms with E-state index in [0.717, 1.165) is 22.5 Å². The van der Waals surface area contributed by atoms with Crippen molar-refractivity contribution in [1.82, 2.24) is 25.3 Å². The zero-order valence-corrected chi connectivity index (χ0v) is 16.1. The molecule has 0 saturated carbocycles. The van der Waals surface area contributed by atoms with Crippen LogP contribution in [0.1, 0.15) is 32.9 Å². The van der Waals surface area contributed by atoms with E-state index in [-0.39, 0.29) is 5.91 Å². The summed E-state index contributed by atoms with van der Waals surface area (Å²) in [6.45, 7) is 8.95. The van der Waals surface area contributed by atoms with Crippen LogP contribution in [-0.2, 0) is 0 Å². The van der Waals surface area contributed by atoms with Crippen LogP contribution < -0.4 is 10.6 Å². The lowest BCUT2D eigenvalue weighted by molar-refractivity contribution is 0.0955. The topological polar surface area (TPSA) is 84.7 Å². The number of amides is 1. The van der Waals surface area contributed by atoms with Gasteiger partial charge < -0.3 is 10.6 Å². The van der Waals surface area contributed by atoms with Gasteiger partial charge in [-0.15, -0.1) is 10.2 Å². The fourth-order valence-electron chi connectivity index (χ4n) is 2.97. The highest BCUT2D eigenvalue weighted by Gasteiger charge is 2.07. The van der Waals surface area contributed by atoms with E-state index >= 15 is 0 Å². The molecule has 27 heavy (non-hydrogen) atoms. The number of nitrogens with zero attached hydrogens (tertiary/aromatic N) is 4. The normalized spacial score (nSPS) is 10.7. The molecule has 2 N–H and O–H groups in total. The summed E-state index contributed by atoms with van der Waals surface area (Å²) in [5.74, 6) is 1.25. The molecule has 2 heterocycles. The van der Waals surface area contributed by atoms with Crippen LogP contribution in [0.3, 0.4) is 0 Å². The molecule has 7 heteroatoms. The van der Waals surface area contributed by atoms with E-state index in [9.17, 15) is 4.79 Å². The Bertz CT molecular complexity index is 925. The zero-order chi connectivity index (χ0) is 19.4. The highest BCUT2D eigenvalue weighted by molar-refractivity contribution is 5.94. The summed E-state index contributed by atoms with van der Waals surface area (Å²) in [7, 11) is 0. The van der Waals surface area contributed by atoms with Crippen LogP contribution in [0, 0.1) is 27.7 Å². The van der Waals surface area contributed by atoms with Gasteiger partial charge in [-0.3, -0.25) is 4.79 Å². The van der Waals surface area contributed by atoms with Crippen LogP contribution >= 0.6 is 0 Å². The summed E-state index contributed by atoms with van der Waals surface area (Å²) in [6.07, 6.45) is 0. The molecule has 0 bridgehead atoms. The molecule has 1 amide bonds. The molecule has 3 aromatic rings. The van der Waals surface area contributed by atoms with E-state index in [2.05, 4.69) is 25.9 Å². The minimum Gasteiger partial charge on any atom is -0.367 e. The number of benzene rings is 1. The fraction of sp³-hybridized carbons (Fsp3) is 0.300. The average Bonchev–Trinajstić information content (AvgIpc) is 2.96. The van der Waals surface area contributed by atoms with Gasteiger partial charge in [0.15, 0.2) is 5.82 Å². The Labute approximate surface area is 158 Å². The predicted octanol–water partition coefficient (Wildman–Crippen LogP) is 2.74. The summed E-state index contributed by atoms with van der Waals surface area (Å²) in [5, 5.41) is 18.8. The molecule has 2 aromatic heterocycles. The van der Waals surface area contributed by atoms with Gasteiger partial charge in [-0.2, -0.15) is 5.10 Å². The van der Waals surface area contributed by atoms with Crippen LogP contribution in [-0.4, -0.2) is 39.0 Å². The van der Waals surface area contributed by atoms with Gasteiger partial charge in [0.1, 0.15) is 5.82 Å². The Morgan fingerprint density at radius 2 is 1.70 bits per heavy atom. The number of nitrogens with one attached hydrogen (secondary N) is 2. The number of carbonyl (C=O) groups excluding carboxylic acids is 1. The second-order valence-electron chi connectivity index (χ2n) is 6.67. The largest absolute Gasteiger partial charge is 0.367 e. The van der Waals surface area contributed by atoms with Crippen molar-refractivity contribution in [2.24, 2.45) is 0 Å². The Kier molecular flexibility index (Phi) is 5.49. The lowest BCUT2D eigenvalue weighted by Gasteiger charge is -2.09. The Morgan fingerprint density at radius 1 is 0.963 bits per heavy atom. The Balaban J connectivity index is 1.50. The maximum absolute atomic E-state index is 12.2. The van der Waals surface area contributed by atoms with E-state index in [1.165, 1.54) is 0 Å². The van der Waals surface area contributed by atoms with E-state index in [4.69, 9.17) is 0 Å². The molecule has 0 spiro atoms. The highest BCUT2D eigenvalue weighted by atomic mass is 16.1. The SMILES string of the molecule is Cc1cc(C)cc(C(=O)NCCNc2ccc(-n3nc(C)cc3C)nn2)c1. The molecule has 3 rings (SSSR count). The number of hydrogen-bond acceptors (Lipinski definition) is 5. The third-order valence-electron chi connectivity index (χ3n) is 4.08. The van der Waals surface area contributed by atoms with Crippen molar-refractivity contribution in [3.63, 3.8) is 0 Å². The average molecular weight is 364 g/mol. The Hall–Kier alpha value is -3.22. The van der Waals surface area contributed by atoms with Gasteiger partial charge in [-0.05, 0) is 58.0 Å². The van der Waals surface area contributed by atoms with Crippen molar-refractivity contribution in [2.75, 3.05) is 18.4 Å². The molecule has 140 valence electrons. The molecular weight excluding hydrogens is 340 g/mol. The molecular formula is C20H24N6O. The first-order valence-electron chi connectivity index (χ1n) is 8.90.